The summed E-state index contributed by atoms with van der Waals surface area (Å²) in [4.78, 5) is 27.0. The Labute approximate surface area is 187 Å². The molecule has 1 fully saturated rings. The molecule has 2 aromatic rings. The van der Waals surface area contributed by atoms with Gasteiger partial charge in [-0.05, 0) is 56.3 Å². The number of alkyl halides is 3. The zero-order chi connectivity index (χ0) is 23.3. The fourth-order valence-electron chi connectivity index (χ4n) is 3.76. The van der Waals surface area contributed by atoms with E-state index in [9.17, 15) is 18.0 Å². The minimum absolute atomic E-state index is 0.126. The Kier molecular flexibility index (Phi) is 7.88. The van der Waals surface area contributed by atoms with E-state index >= 15 is 0 Å². The maximum Gasteiger partial charge on any atom is 0.490 e. The monoisotopic (exact) mass is 473 g/mol. The number of thiophene rings is 1. The van der Waals surface area contributed by atoms with Gasteiger partial charge < -0.3 is 14.6 Å². The Balaban J connectivity index is 0.000000360. The van der Waals surface area contributed by atoms with Gasteiger partial charge in [0.15, 0.2) is 5.82 Å². The third-order valence-corrected chi connectivity index (χ3v) is 6.45. The molecule has 0 unspecified atom stereocenters. The molecule has 0 spiro atoms. The lowest BCUT2D eigenvalue weighted by molar-refractivity contribution is -0.192. The molecule has 0 aromatic carbocycles. The van der Waals surface area contributed by atoms with Gasteiger partial charge in [-0.25, -0.2) is 4.79 Å². The molecular formula is C20H26F3N5O3S. The lowest BCUT2D eigenvalue weighted by Crippen LogP contribution is -2.31. The largest absolute Gasteiger partial charge is 0.490 e. The predicted molar refractivity (Wildman–Crippen MR) is 111 cm³/mol. The second-order valence-electron chi connectivity index (χ2n) is 7.84. The number of nitrogens with zero attached hydrogens (tertiary/aromatic N) is 5. The fourth-order valence-corrected chi connectivity index (χ4v) is 4.65. The molecular weight excluding hydrogens is 447 g/mol. The molecule has 8 nitrogen and oxygen atoms in total. The zero-order valence-corrected chi connectivity index (χ0v) is 18.6. The second-order valence-corrected chi connectivity index (χ2v) is 8.75. The van der Waals surface area contributed by atoms with Gasteiger partial charge >= 0.3 is 12.1 Å². The summed E-state index contributed by atoms with van der Waals surface area (Å²) in [7, 11) is 0. The van der Waals surface area contributed by atoms with Crippen LogP contribution in [-0.2, 0) is 24.4 Å². The van der Waals surface area contributed by atoms with Gasteiger partial charge in [-0.1, -0.05) is 6.42 Å². The Morgan fingerprint density at radius 3 is 2.38 bits per heavy atom. The van der Waals surface area contributed by atoms with E-state index in [0.717, 1.165) is 61.2 Å². The van der Waals surface area contributed by atoms with Gasteiger partial charge in [0.2, 0.25) is 0 Å². The number of aryl methyl sites for hydroxylation is 1. The average molecular weight is 474 g/mol. The van der Waals surface area contributed by atoms with Crippen LogP contribution >= 0.6 is 11.3 Å². The number of aliphatic carboxylic acids is 1. The SMILES string of the molecule is Cc1ccsc1C(=O)N1CCCn2c(CN3CCCCC3)nnc2C1.O=C(O)C(F)(F)F. The summed E-state index contributed by atoms with van der Waals surface area (Å²) in [5, 5.41) is 18.0. The Morgan fingerprint density at radius 2 is 1.78 bits per heavy atom. The van der Waals surface area contributed by atoms with Crippen LogP contribution < -0.4 is 0 Å². The number of carboxylic acid groups (broad SMARTS) is 1. The van der Waals surface area contributed by atoms with Crippen LogP contribution in [0.5, 0.6) is 0 Å². The first-order valence-electron chi connectivity index (χ1n) is 10.4. The van der Waals surface area contributed by atoms with Crippen LogP contribution in [0.4, 0.5) is 13.2 Å². The first kappa shape index (κ1) is 24.2. The maximum atomic E-state index is 12.8. The molecule has 2 aliphatic rings. The molecule has 2 aliphatic heterocycles. The smallest absolute Gasteiger partial charge is 0.475 e. The number of rotatable bonds is 3. The molecule has 4 heterocycles. The van der Waals surface area contributed by atoms with Crippen LogP contribution in [0.25, 0.3) is 0 Å². The molecule has 176 valence electrons. The van der Waals surface area contributed by atoms with Crippen LogP contribution in [0.3, 0.4) is 0 Å². The van der Waals surface area contributed by atoms with Crippen molar-refractivity contribution < 1.29 is 27.9 Å². The number of carboxylic acids is 1. The van der Waals surface area contributed by atoms with Gasteiger partial charge in [-0.15, -0.1) is 21.5 Å². The number of halogens is 3. The summed E-state index contributed by atoms with van der Waals surface area (Å²) in [6.45, 7) is 7.44. The van der Waals surface area contributed by atoms with E-state index in [2.05, 4.69) is 19.7 Å². The van der Waals surface area contributed by atoms with Crippen LogP contribution in [0.1, 0.15) is 52.6 Å². The molecule has 1 N–H and O–H groups in total. The van der Waals surface area contributed by atoms with Crippen LogP contribution in [0.15, 0.2) is 11.4 Å². The van der Waals surface area contributed by atoms with E-state index in [4.69, 9.17) is 9.90 Å². The van der Waals surface area contributed by atoms with Crippen molar-refractivity contribution in [1.29, 1.82) is 0 Å². The highest BCUT2D eigenvalue weighted by Gasteiger charge is 2.38. The van der Waals surface area contributed by atoms with Crippen molar-refractivity contribution in [2.45, 2.75) is 58.4 Å². The third-order valence-electron chi connectivity index (χ3n) is 5.45. The number of carbonyl (C=O) groups excluding carboxylic acids is 1. The standard InChI is InChI=1S/C18H25N5OS.C2HF3O2/c1-14-6-11-25-17(14)18(24)22-9-5-10-23-15(19-20-16(23)13-22)12-21-7-3-2-4-8-21;3-2(4,5)1(6)7/h6,11H,2-5,7-10,12-13H2,1H3;(H,6,7). The summed E-state index contributed by atoms with van der Waals surface area (Å²) in [5.74, 6) is -0.653. The van der Waals surface area contributed by atoms with Gasteiger partial charge in [-0.3, -0.25) is 9.69 Å². The summed E-state index contributed by atoms with van der Waals surface area (Å²) >= 11 is 1.53. The summed E-state index contributed by atoms with van der Waals surface area (Å²) in [5.41, 5.74) is 1.06. The lowest BCUT2D eigenvalue weighted by Gasteiger charge is -2.25. The topological polar surface area (TPSA) is 91.6 Å². The number of likely N-dealkylation sites (tertiary alicyclic amines) is 1. The first-order valence-corrected chi connectivity index (χ1v) is 11.3. The van der Waals surface area contributed by atoms with Crippen molar-refractivity contribution in [3.05, 3.63) is 33.5 Å². The van der Waals surface area contributed by atoms with E-state index in [1.165, 1.54) is 30.6 Å². The van der Waals surface area contributed by atoms with E-state index in [0.29, 0.717) is 6.54 Å². The number of amides is 1. The molecule has 0 aliphatic carbocycles. The van der Waals surface area contributed by atoms with Crippen molar-refractivity contribution in [2.75, 3.05) is 19.6 Å². The number of hydrogen-bond donors (Lipinski definition) is 1. The summed E-state index contributed by atoms with van der Waals surface area (Å²) < 4.78 is 34.0. The van der Waals surface area contributed by atoms with Crippen LogP contribution in [0.2, 0.25) is 0 Å². The van der Waals surface area contributed by atoms with Crippen molar-refractivity contribution in [3.63, 3.8) is 0 Å². The number of carbonyl (C=O) groups is 2. The van der Waals surface area contributed by atoms with E-state index in [1.807, 2.05) is 23.3 Å². The van der Waals surface area contributed by atoms with E-state index in [-0.39, 0.29) is 5.91 Å². The predicted octanol–water partition coefficient (Wildman–Crippen LogP) is 3.31. The highest BCUT2D eigenvalue weighted by atomic mass is 32.1. The van der Waals surface area contributed by atoms with Crippen molar-refractivity contribution in [2.24, 2.45) is 0 Å². The van der Waals surface area contributed by atoms with Gasteiger partial charge in [0, 0.05) is 13.1 Å². The first-order chi connectivity index (χ1) is 15.2. The van der Waals surface area contributed by atoms with Gasteiger partial charge in [0.1, 0.15) is 5.82 Å². The van der Waals surface area contributed by atoms with Gasteiger partial charge in [0.25, 0.3) is 5.91 Å². The molecule has 2 aromatic heterocycles. The molecule has 0 bridgehead atoms. The average Bonchev–Trinajstić information content (AvgIpc) is 3.26. The molecule has 12 heteroatoms. The molecule has 1 saturated heterocycles. The van der Waals surface area contributed by atoms with Gasteiger partial charge in [0.05, 0.1) is 18.0 Å². The normalized spacial score (nSPS) is 17.2. The quantitative estimate of drug-likeness (QED) is 0.736. The fraction of sp³-hybridized carbons (Fsp3) is 0.600. The Hall–Kier alpha value is -2.47. The third kappa shape index (κ3) is 6.06. The highest BCUT2D eigenvalue weighted by molar-refractivity contribution is 7.12. The number of aromatic nitrogens is 3. The van der Waals surface area contributed by atoms with Crippen LogP contribution in [0, 0.1) is 6.92 Å². The number of piperidine rings is 1. The molecule has 32 heavy (non-hydrogen) atoms. The van der Waals surface area contributed by atoms with Gasteiger partial charge in [-0.2, -0.15) is 13.2 Å². The van der Waals surface area contributed by atoms with Crippen molar-refractivity contribution in [3.8, 4) is 0 Å². The second kappa shape index (κ2) is 10.4. The molecule has 0 atom stereocenters. The molecule has 4 rings (SSSR count). The maximum absolute atomic E-state index is 12.8. The van der Waals surface area contributed by atoms with Crippen molar-refractivity contribution in [1.82, 2.24) is 24.6 Å². The van der Waals surface area contributed by atoms with E-state index in [1.54, 1.807) is 0 Å². The zero-order valence-electron chi connectivity index (χ0n) is 17.8. The van der Waals surface area contributed by atoms with Crippen LogP contribution in [-0.4, -0.2) is 67.4 Å². The minimum Gasteiger partial charge on any atom is -0.475 e. The summed E-state index contributed by atoms with van der Waals surface area (Å²) in [6, 6.07) is 2.01. The highest BCUT2D eigenvalue weighted by Crippen LogP contribution is 2.22. The lowest BCUT2D eigenvalue weighted by atomic mass is 10.1. The molecule has 0 radical (unpaired) electrons. The Bertz CT molecular complexity index is 937. The molecule has 1 amide bonds. The minimum atomic E-state index is -5.08. The number of hydrogen-bond acceptors (Lipinski definition) is 6. The van der Waals surface area contributed by atoms with E-state index < -0.39 is 12.1 Å². The number of fused-ring (bicyclic) bond motifs is 1. The summed E-state index contributed by atoms with van der Waals surface area (Å²) in [6.07, 6.45) is -0.227. The molecule has 0 saturated carbocycles. The Morgan fingerprint density at radius 1 is 1.09 bits per heavy atom. The van der Waals surface area contributed by atoms with Crippen molar-refractivity contribution >= 4 is 23.2 Å².